The van der Waals surface area contributed by atoms with Crippen molar-refractivity contribution < 1.29 is 22.7 Å². The van der Waals surface area contributed by atoms with Crippen LogP contribution >= 0.6 is 0 Å². The second-order valence-electron chi connectivity index (χ2n) is 7.21. The van der Waals surface area contributed by atoms with Crippen molar-refractivity contribution in [1.29, 1.82) is 0 Å². The highest BCUT2D eigenvalue weighted by Gasteiger charge is 2.35. The topological polar surface area (TPSA) is 26.7 Å². The maximum atomic E-state index is 14.1. The molecule has 0 aliphatic carbocycles. The molecule has 2 atom stereocenters. The molecule has 2 saturated heterocycles. The van der Waals surface area contributed by atoms with Crippen LogP contribution in [0.4, 0.5) is 17.6 Å². The summed E-state index contributed by atoms with van der Waals surface area (Å²) < 4.78 is 52.0. The highest BCUT2D eigenvalue weighted by Crippen LogP contribution is 2.31. The Balaban J connectivity index is 1.63. The predicted octanol–water partition coefficient (Wildman–Crippen LogP) is 2.98. The molecule has 140 valence electrons. The molecule has 0 amide bonds. The molecule has 25 heavy (non-hydrogen) atoms. The quantitative estimate of drug-likeness (QED) is 0.818. The van der Waals surface area contributed by atoms with Gasteiger partial charge in [-0.05, 0) is 49.9 Å². The van der Waals surface area contributed by atoms with E-state index in [-0.39, 0.29) is 24.6 Å². The molecule has 0 radical (unpaired) electrons. The van der Waals surface area contributed by atoms with Crippen LogP contribution < -0.4 is 0 Å². The van der Waals surface area contributed by atoms with Gasteiger partial charge in [0.2, 0.25) is 0 Å². The Morgan fingerprint density at radius 2 is 1.72 bits per heavy atom. The first kappa shape index (κ1) is 18.6. The van der Waals surface area contributed by atoms with Crippen molar-refractivity contribution in [2.24, 2.45) is 11.8 Å². The zero-order valence-electron chi connectivity index (χ0n) is 14.1. The van der Waals surface area contributed by atoms with Gasteiger partial charge in [0, 0.05) is 38.3 Å². The highest BCUT2D eigenvalue weighted by atomic mass is 19.4. The van der Waals surface area contributed by atoms with Crippen LogP contribution in [0.3, 0.4) is 0 Å². The van der Waals surface area contributed by atoms with Gasteiger partial charge in [0.25, 0.3) is 0 Å². The minimum Gasteiger partial charge on any atom is -0.396 e. The summed E-state index contributed by atoms with van der Waals surface area (Å²) in [5, 5.41) is 9.63. The second kappa shape index (κ2) is 7.60. The summed E-state index contributed by atoms with van der Waals surface area (Å²) in [5.41, 5.74) is -0.693. The van der Waals surface area contributed by atoms with Gasteiger partial charge in [-0.1, -0.05) is 6.07 Å². The third kappa shape index (κ3) is 4.51. The molecule has 1 aromatic rings. The smallest absolute Gasteiger partial charge is 0.396 e. The Kier molecular flexibility index (Phi) is 5.65. The first-order valence-electron chi connectivity index (χ1n) is 8.78. The Labute approximate surface area is 145 Å². The molecular formula is C18H24F4N2O. The molecule has 1 aromatic carbocycles. The van der Waals surface area contributed by atoms with Gasteiger partial charge in [-0.2, -0.15) is 13.2 Å². The summed E-state index contributed by atoms with van der Waals surface area (Å²) in [4.78, 5) is 4.43. The molecule has 0 bridgehead atoms. The van der Waals surface area contributed by atoms with Crippen LogP contribution in [-0.2, 0) is 12.7 Å². The van der Waals surface area contributed by atoms with E-state index in [9.17, 15) is 22.7 Å². The standard InChI is InChI=1S/C18H24F4N2O/c19-17-7-16(18(20,21)22)4-3-13(17)8-24-10-14(15(11-24)12-25)9-23-5-1-2-6-23/h3-4,7,14-15,25H,1-2,5-6,8-12H2/t14-,15-/m1/s1. The zero-order chi connectivity index (χ0) is 18.0. The highest BCUT2D eigenvalue weighted by molar-refractivity contribution is 5.26. The molecule has 3 rings (SSSR count). The monoisotopic (exact) mass is 360 g/mol. The number of aliphatic hydroxyl groups is 1. The van der Waals surface area contributed by atoms with Crippen LogP contribution in [0.1, 0.15) is 24.0 Å². The van der Waals surface area contributed by atoms with Gasteiger partial charge < -0.3 is 10.0 Å². The zero-order valence-corrected chi connectivity index (χ0v) is 14.1. The van der Waals surface area contributed by atoms with Gasteiger partial charge in [-0.25, -0.2) is 4.39 Å². The van der Waals surface area contributed by atoms with Crippen molar-refractivity contribution in [3.8, 4) is 0 Å². The average molecular weight is 360 g/mol. The molecule has 2 aliphatic rings. The number of nitrogens with zero attached hydrogens (tertiary/aromatic N) is 2. The summed E-state index contributed by atoms with van der Waals surface area (Å²) in [6.07, 6.45) is -2.12. The minimum absolute atomic E-state index is 0.0878. The van der Waals surface area contributed by atoms with Crippen molar-refractivity contribution >= 4 is 0 Å². The normalized spacial score (nSPS) is 25.8. The van der Waals surface area contributed by atoms with Crippen molar-refractivity contribution in [2.75, 3.05) is 39.3 Å². The minimum atomic E-state index is -4.53. The van der Waals surface area contributed by atoms with Crippen LogP contribution in [0.5, 0.6) is 0 Å². The fourth-order valence-electron chi connectivity index (χ4n) is 3.97. The van der Waals surface area contributed by atoms with Gasteiger partial charge in [-0.3, -0.25) is 4.90 Å². The maximum Gasteiger partial charge on any atom is 0.416 e. The maximum absolute atomic E-state index is 14.1. The van der Waals surface area contributed by atoms with Crippen molar-refractivity contribution in [2.45, 2.75) is 25.6 Å². The van der Waals surface area contributed by atoms with Crippen LogP contribution in [0.25, 0.3) is 0 Å². The fourth-order valence-corrected chi connectivity index (χ4v) is 3.97. The van der Waals surface area contributed by atoms with E-state index in [1.54, 1.807) is 0 Å². The van der Waals surface area contributed by atoms with Gasteiger partial charge in [-0.15, -0.1) is 0 Å². The van der Waals surface area contributed by atoms with E-state index in [2.05, 4.69) is 4.90 Å². The third-order valence-electron chi connectivity index (χ3n) is 5.35. The lowest BCUT2D eigenvalue weighted by Gasteiger charge is -2.23. The molecule has 0 unspecified atom stereocenters. The summed E-state index contributed by atoms with van der Waals surface area (Å²) in [6, 6.07) is 2.72. The van der Waals surface area contributed by atoms with E-state index >= 15 is 0 Å². The van der Waals surface area contributed by atoms with Crippen LogP contribution in [0.15, 0.2) is 18.2 Å². The predicted molar refractivity (Wildman–Crippen MR) is 86.4 cm³/mol. The van der Waals surface area contributed by atoms with Crippen molar-refractivity contribution in [3.63, 3.8) is 0 Å². The first-order valence-corrected chi connectivity index (χ1v) is 8.78. The second-order valence-corrected chi connectivity index (χ2v) is 7.21. The largest absolute Gasteiger partial charge is 0.416 e. The van der Waals surface area contributed by atoms with E-state index in [4.69, 9.17) is 0 Å². The Morgan fingerprint density at radius 1 is 1.04 bits per heavy atom. The van der Waals surface area contributed by atoms with Gasteiger partial charge in [0.05, 0.1) is 5.56 Å². The van der Waals surface area contributed by atoms with Gasteiger partial charge >= 0.3 is 6.18 Å². The number of aliphatic hydroxyl groups excluding tert-OH is 1. The first-order chi connectivity index (χ1) is 11.9. The molecule has 2 heterocycles. The van der Waals surface area contributed by atoms with Gasteiger partial charge in [0.15, 0.2) is 0 Å². The number of rotatable bonds is 5. The molecule has 0 saturated carbocycles. The number of alkyl halides is 3. The molecule has 0 aromatic heterocycles. The van der Waals surface area contributed by atoms with Crippen LogP contribution in [-0.4, -0.2) is 54.2 Å². The Morgan fingerprint density at radius 3 is 2.32 bits per heavy atom. The van der Waals surface area contributed by atoms with E-state index in [1.807, 2.05) is 4.90 Å². The van der Waals surface area contributed by atoms with E-state index in [1.165, 1.54) is 18.9 Å². The molecule has 7 heteroatoms. The SMILES string of the molecule is OC[C@H]1CN(Cc2ccc(C(F)(F)F)cc2F)C[C@H]1CN1CCCC1. The van der Waals surface area contributed by atoms with E-state index in [0.29, 0.717) is 18.5 Å². The third-order valence-corrected chi connectivity index (χ3v) is 5.35. The Bertz CT molecular complexity index is 587. The summed E-state index contributed by atoms with van der Waals surface area (Å²) in [7, 11) is 0. The average Bonchev–Trinajstić information content (AvgIpc) is 3.18. The summed E-state index contributed by atoms with van der Waals surface area (Å²) in [6.45, 7) is 4.85. The van der Waals surface area contributed by atoms with Crippen LogP contribution in [0, 0.1) is 17.7 Å². The molecule has 2 fully saturated rings. The Hall–Kier alpha value is -1.18. The van der Waals surface area contributed by atoms with E-state index in [0.717, 1.165) is 32.2 Å². The molecule has 0 spiro atoms. The fraction of sp³-hybridized carbons (Fsp3) is 0.667. The van der Waals surface area contributed by atoms with Crippen molar-refractivity contribution in [1.82, 2.24) is 9.80 Å². The number of hydrogen-bond acceptors (Lipinski definition) is 3. The molecule has 1 N–H and O–H groups in total. The number of benzene rings is 1. The van der Waals surface area contributed by atoms with Crippen LogP contribution in [0.2, 0.25) is 0 Å². The lowest BCUT2D eigenvalue weighted by Crippen LogP contribution is -2.31. The van der Waals surface area contributed by atoms with E-state index < -0.39 is 17.6 Å². The molecule has 3 nitrogen and oxygen atoms in total. The number of hydrogen-bond donors (Lipinski definition) is 1. The lowest BCUT2D eigenvalue weighted by atomic mass is 9.96. The number of halogens is 4. The van der Waals surface area contributed by atoms with Crippen molar-refractivity contribution in [3.05, 3.63) is 35.1 Å². The number of likely N-dealkylation sites (tertiary alicyclic amines) is 2. The molecule has 2 aliphatic heterocycles. The lowest BCUT2D eigenvalue weighted by molar-refractivity contribution is -0.137. The molecular weight excluding hydrogens is 336 g/mol. The van der Waals surface area contributed by atoms with Gasteiger partial charge in [0.1, 0.15) is 5.82 Å². The summed E-state index contributed by atoms with van der Waals surface area (Å²) in [5.74, 6) is -0.364. The summed E-state index contributed by atoms with van der Waals surface area (Å²) >= 11 is 0.